The second kappa shape index (κ2) is 7.86. The van der Waals surface area contributed by atoms with Crippen LogP contribution in [-0.4, -0.2) is 21.3 Å². The molecule has 0 aliphatic heterocycles. The summed E-state index contributed by atoms with van der Waals surface area (Å²) in [5.74, 6) is 0.638. The highest BCUT2D eigenvalue weighted by Crippen LogP contribution is 2.20. The first-order valence-electron chi connectivity index (χ1n) is 10.6. The number of nitrogen functional groups attached to an aromatic ring is 1. The average molecular weight is 418 g/mol. The van der Waals surface area contributed by atoms with E-state index in [1.54, 1.807) is 41.3 Å². The Balaban J connectivity index is 1.69. The van der Waals surface area contributed by atoms with Crippen molar-refractivity contribution in [3.63, 3.8) is 0 Å². The van der Waals surface area contributed by atoms with E-state index in [0.29, 0.717) is 22.4 Å². The molecule has 1 fully saturated rings. The number of amides is 1. The monoisotopic (exact) mass is 418 g/mol. The fourth-order valence-corrected chi connectivity index (χ4v) is 4.31. The molecule has 8 nitrogen and oxygen atoms in total. The molecular formula is C23H24N5O3+. The number of anilines is 1. The third-order valence-electron chi connectivity index (χ3n) is 5.94. The van der Waals surface area contributed by atoms with Crippen LogP contribution in [0.5, 0.6) is 0 Å². The van der Waals surface area contributed by atoms with Gasteiger partial charge in [-0.25, -0.2) is 4.57 Å². The summed E-state index contributed by atoms with van der Waals surface area (Å²) in [6, 6.07) is 10.7. The lowest BCUT2D eigenvalue weighted by Crippen LogP contribution is -2.44. The number of pyridine rings is 2. The lowest BCUT2D eigenvalue weighted by Gasteiger charge is -2.23. The summed E-state index contributed by atoms with van der Waals surface area (Å²) in [6.07, 6.45) is 8.57. The SMILES string of the molecule is Nc1c(C(=O)NC2CCCCC2)cc2c(=O)n3ccccc3nc2[n+]1Cc1ccco1. The third-order valence-corrected chi connectivity index (χ3v) is 5.94. The van der Waals surface area contributed by atoms with Gasteiger partial charge in [0.25, 0.3) is 17.1 Å². The Morgan fingerprint density at radius 1 is 1.23 bits per heavy atom. The Hall–Kier alpha value is -3.68. The van der Waals surface area contributed by atoms with Crippen LogP contribution in [-0.2, 0) is 6.54 Å². The second-order valence-corrected chi connectivity index (χ2v) is 8.00. The standard InChI is InChI=1S/C23H23N5O3/c24-20-17(22(29)25-15-7-2-1-3-8-15)13-18-21(28(20)14-16-9-6-12-31-16)26-19-10-4-5-11-27(19)23(18)30/h4-6,9-13,15,24H,1-3,7-8,14H2,(H,25,29)/p+1. The van der Waals surface area contributed by atoms with Crippen LogP contribution in [0.1, 0.15) is 48.2 Å². The van der Waals surface area contributed by atoms with E-state index in [9.17, 15) is 9.59 Å². The Bertz CT molecular complexity index is 1320. The number of carbonyl (C=O) groups is 1. The Kier molecular flexibility index (Phi) is 4.89. The number of carbonyl (C=O) groups excluding carboxylic acids is 1. The smallest absolute Gasteiger partial charge is 0.278 e. The van der Waals surface area contributed by atoms with Crippen molar-refractivity contribution in [3.8, 4) is 0 Å². The summed E-state index contributed by atoms with van der Waals surface area (Å²) in [7, 11) is 0. The van der Waals surface area contributed by atoms with E-state index < -0.39 is 0 Å². The van der Waals surface area contributed by atoms with E-state index in [0.717, 1.165) is 25.7 Å². The largest absolute Gasteiger partial charge is 0.466 e. The molecule has 0 unspecified atom stereocenters. The lowest BCUT2D eigenvalue weighted by atomic mass is 9.95. The Morgan fingerprint density at radius 3 is 2.84 bits per heavy atom. The molecule has 5 rings (SSSR count). The molecule has 4 aromatic rings. The fraction of sp³-hybridized carbons (Fsp3) is 0.304. The Labute approximate surface area is 178 Å². The van der Waals surface area contributed by atoms with Crippen LogP contribution in [0, 0.1) is 0 Å². The van der Waals surface area contributed by atoms with Gasteiger partial charge in [0.15, 0.2) is 0 Å². The van der Waals surface area contributed by atoms with Crippen molar-refractivity contribution in [1.29, 1.82) is 0 Å². The maximum Gasteiger partial charge on any atom is 0.278 e. The minimum absolute atomic E-state index is 0.130. The summed E-state index contributed by atoms with van der Waals surface area (Å²) in [4.78, 5) is 31.1. The Morgan fingerprint density at radius 2 is 2.06 bits per heavy atom. The third kappa shape index (κ3) is 3.54. The number of hydrogen-bond acceptors (Lipinski definition) is 5. The zero-order valence-corrected chi connectivity index (χ0v) is 17.1. The lowest BCUT2D eigenvalue weighted by molar-refractivity contribution is -0.651. The number of aromatic nitrogens is 3. The molecule has 1 aliphatic rings. The van der Waals surface area contributed by atoms with Gasteiger partial charge in [0.2, 0.25) is 11.5 Å². The molecule has 158 valence electrons. The number of nitrogens with two attached hydrogens (primary N) is 1. The number of nitrogens with one attached hydrogen (secondary N) is 1. The summed E-state index contributed by atoms with van der Waals surface area (Å²) in [6.45, 7) is 0.259. The van der Waals surface area contributed by atoms with E-state index in [2.05, 4.69) is 10.3 Å². The molecule has 8 heteroatoms. The number of fused-ring (bicyclic) bond motifs is 2. The van der Waals surface area contributed by atoms with Crippen LogP contribution in [0.3, 0.4) is 0 Å². The second-order valence-electron chi connectivity index (χ2n) is 8.00. The molecule has 0 spiro atoms. The highest BCUT2D eigenvalue weighted by atomic mass is 16.3. The van der Waals surface area contributed by atoms with Crippen molar-refractivity contribution in [2.45, 2.75) is 44.7 Å². The van der Waals surface area contributed by atoms with E-state index in [1.165, 1.54) is 10.8 Å². The minimum Gasteiger partial charge on any atom is -0.466 e. The normalized spacial score (nSPS) is 14.8. The van der Waals surface area contributed by atoms with E-state index >= 15 is 0 Å². The summed E-state index contributed by atoms with van der Waals surface area (Å²) >= 11 is 0. The molecule has 0 radical (unpaired) electrons. The number of hydrogen-bond donors (Lipinski definition) is 2. The molecule has 3 N–H and O–H groups in total. The van der Waals surface area contributed by atoms with Gasteiger partial charge in [-0.2, -0.15) is 0 Å². The average Bonchev–Trinajstić information content (AvgIpc) is 3.30. The van der Waals surface area contributed by atoms with Gasteiger partial charge in [-0.05, 0) is 43.2 Å². The van der Waals surface area contributed by atoms with Crippen LogP contribution >= 0.6 is 0 Å². The van der Waals surface area contributed by atoms with Crippen LogP contribution in [0.15, 0.2) is 58.1 Å². The first-order chi connectivity index (χ1) is 15.1. The van der Waals surface area contributed by atoms with Gasteiger partial charge >= 0.3 is 0 Å². The molecular weight excluding hydrogens is 394 g/mol. The molecule has 0 atom stereocenters. The molecule has 1 saturated carbocycles. The zero-order chi connectivity index (χ0) is 21.4. The van der Waals surface area contributed by atoms with E-state index in [1.807, 2.05) is 12.1 Å². The van der Waals surface area contributed by atoms with Gasteiger partial charge in [-0.3, -0.25) is 14.0 Å². The quantitative estimate of drug-likeness (QED) is 0.391. The van der Waals surface area contributed by atoms with Gasteiger partial charge in [0.1, 0.15) is 23.3 Å². The predicted octanol–water partition coefficient (Wildman–Crippen LogP) is 2.42. The van der Waals surface area contributed by atoms with Crippen LogP contribution < -0.4 is 21.2 Å². The zero-order valence-electron chi connectivity index (χ0n) is 17.1. The van der Waals surface area contributed by atoms with Crippen molar-refractivity contribution in [2.24, 2.45) is 0 Å². The predicted molar refractivity (Wildman–Crippen MR) is 116 cm³/mol. The minimum atomic E-state index is -0.267. The van der Waals surface area contributed by atoms with Gasteiger partial charge < -0.3 is 15.5 Å². The summed E-state index contributed by atoms with van der Waals surface area (Å²) in [5, 5.41) is 3.43. The molecule has 1 amide bonds. The van der Waals surface area contributed by atoms with Gasteiger partial charge in [0, 0.05) is 12.2 Å². The van der Waals surface area contributed by atoms with Crippen LogP contribution in [0.4, 0.5) is 5.82 Å². The first-order valence-corrected chi connectivity index (χ1v) is 10.6. The number of nitrogens with zero attached hydrogens (tertiary/aromatic N) is 3. The van der Waals surface area contributed by atoms with Crippen molar-refractivity contribution < 1.29 is 13.8 Å². The maximum atomic E-state index is 13.2. The number of furan rings is 1. The van der Waals surface area contributed by atoms with Crippen molar-refractivity contribution >= 4 is 28.4 Å². The molecule has 4 aromatic heterocycles. The molecule has 0 bridgehead atoms. The molecule has 0 saturated heterocycles. The highest BCUT2D eigenvalue weighted by Gasteiger charge is 2.26. The summed E-state index contributed by atoms with van der Waals surface area (Å²) < 4.78 is 8.64. The van der Waals surface area contributed by atoms with Crippen molar-refractivity contribution in [3.05, 3.63) is 70.5 Å². The van der Waals surface area contributed by atoms with Gasteiger partial charge in [-0.15, -0.1) is 0 Å². The van der Waals surface area contributed by atoms with Gasteiger partial charge in [0.05, 0.1) is 6.26 Å². The fourth-order valence-electron chi connectivity index (χ4n) is 4.31. The van der Waals surface area contributed by atoms with E-state index in [-0.39, 0.29) is 35.4 Å². The molecule has 1 aliphatic carbocycles. The van der Waals surface area contributed by atoms with Gasteiger partial charge in [-0.1, -0.05) is 30.3 Å². The maximum absolute atomic E-state index is 13.2. The van der Waals surface area contributed by atoms with Crippen LogP contribution in [0.25, 0.3) is 16.7 Å². The molecule has 0 aromatic carbocycles. The van der Waals surface area contributed by atoms with Crippen LogP contribution in [0.2, 0.25) is 0 Å². The molecule has 4 heterocycles. The topological polar surface area (TPSA) is 107 Å². The van der Waals surface area contributed by atoms with Crippen molar-refractivity contribution in [2.75, 3.05) is 5.73 Å². The summed E-state index contributed by atoms with van der Waals surface area (Å²) in [5.41, 5.74) is 7.43. The first kappa shape index (κ1) is 19.3. The van der Waals surface area contributed by atoms with Crippen molar-refractivity contribution in [1.82, 2.24) is 14.7 Å². The highest BCUT2D eigenvalue weighted by molar-refractivity contribution is 6.00. The molecule has 31 heavy (non-hydrogen) atoms. The number of rotatable bonds is 4. The van der Waals surface area contributed by atoms with E-state index in [4.69, 9.17) is 10.2 Å².